The van der Waals surface area contributed by atoms with Crippen molar-refractivity contribution in [3.63, 3.8) is 0 Å². The molecule has 0 aliphatic carbocycles. The van der Waals surface area contributed by atoms with Crippen LogP contribution in [0.2, 0.25) is 0 Å². The van der Waals surface area contributed by atoms with Gasteiger partial charge in [0.25, 0.3) is 0 Å². The Balaban J connectivity index is 2.67. The molecular formula is C13H16F3N2O2-. The maximum absolute atomic E-state index is 12.4. The summed E-state index contributed by atoms with van der Waals surface area (Å²) in [7, 11) is 0. The Hall–Kier alpha value is -1.76. The lowest BCUT2D eigenvalue weighted by Crippen LogP contribution is -2.31. The second-order valence-corrected chi connectivity index (χ2v) is 5.26. The molecule has 0 spiro atoms. The van der Waals surface area contributed by atoms with Crippen molar-refractivity contribution < 1.29 is 22.7 Å². The lowest BCUT2D eigenvalue weighted by Gasteiger charge is -2.30. The molecule has 1 aromatic rings. The van der Waals surface area contributed by atoms with E-state index < -0.39 is 23.4 Å². The van der Waals surface area contributed by atoms with E-state index in [0.29, 0.717) is 10.6 Å². The van der Waals surface area contributed by atoms with Gasteiger partial charge < -0.3 is 15.6 Å². The molecule has 0 saturated carbocycles. The Labute approximate surface area is 115 Å². The molecule has 0 bridgehead atoms. The zero-order valence-corrected chi connectivity index (χ0v) is 11.4. The highest BCUT2D eigenvalue weighted by molar-refractivity contribution is 5.68. The second-order valence-electron chi connectivity index (χ2n) is 5.26. The van der Waals surface area contributed by atoms with Gasteiger partial charge in [0.05, 0.1) is 5.56 Å². The quantitative estimate of drug-likeness (QED) is 0.757. The van der Waals surface area contributed by atoms with E-state index >= 15 is 0 Å². The van der Waals surface area contributed by atoms with Crippen molar-refractivity contribution >= 4 is 6.09 Å². The fraction of sp³-hybridized carbons (Fsp3) is 0.462. The van der Waals surface area contributed by atoms with Crippen molar-refractivity contribution in [1.82, 2.24) is 5.01 Å². The van der Waals surface area contributed by atoms with Crippen LogP contribution >= 0.6 is 0 Å². The summed E-state index contributed by atoms with van der Waals surface area (Å²) in [5.74, 6) is 7.51. The number of carbonyl (C=O) groups excluding carboxylic acids is 1. The Kier molecular flexibility index (Phi) is 4.65. The van der Waals surface area contributed by atoms with Crippen LogP contribution in [0.3, 0.4) is 0 Å². The number of amides is 1. The van der Waals surface area contributed by atoms with Crippen LogP contribution in [0.1, 0.15) is 31.9 Å². The number of halogens is 3. The number of carbonyl (C=O) groups is 1. The molecule has 0 unspecified atom stereocenters. The zero-order valence-electron chi connectivity index (χ0n) is 11.4. The number of alkyl halides is 3. The molecule has 1 aromatic carbocycles. The Morgan fingerprint density at radius 2 is 1.70 bits per heavy atom. The minimum atomic E-state index is -4.40. The van der Waals surface area contributed by atoms with Gasteiger partial charge in [0.2, 0.25) is 0 Å². The van der Waals surface area contributed by atoms with Crippen LogP contribution in [0, 0.1) is 0 Å². The molecule has 0 radical (unpaired) electrons. The lowest BCUT2D eigenvalue weighted by atomic mass is 10.1. The predicted molar refractivity (Wildman–Crippen MR) is 67.5 cm³/mol. The highest BCUT2D eigenvalue weighted by Gasteiger charge is 2.29. The maximum atomic E-state index is 12.4. The molecule has 0 atom stereocenters. The first-order chi connectivity index (χ1) is 8.99. The normalized spacial score (nSPS) is 12.2. The number of nitrogens with zero attached hydrogens (tertiary/aromatic N) is 1. The Morgan fingerprint density at radius 3 is 2.10 bits per heavy atom. The van der Waals surface area contributed by atoms with Crippen molar-refractivity contribution in [2.75, 3.05) is 0 Å². The fourth-order valence-corrected chi connectivity index (χ4v) is 1.36. The first-order valence-electron chi connectivity index (χ1n) is 5.87. The number of benzene rings is 1. The first kappa shape index (κ1) is 16.3. The maximum Gasteiger partial charge on any atom is 0.416 e. The molecule has 4 nitrogen and oxygen atoms in total. The van der Waals surface area contributed by atoms with Gasteiger partial charge >= 0.3 is 12.3 Å². The Bertz CT molecular complexity index is 464. The van der Waals surface area contributed by atoms with Gasteiger partial charge in [-0.25, -0.2) is 4.79 Å². The Morgan fingerprint density at radius 1 is 1.20 bits per heavy atom. The summed E-state index contributed by atoms with van der Waals surface area (Å²) >= 11 is 0. The minimum absolute atomic E-state index is 0.146. The summed E-state index contributed by atoms with van der Waals surface area (Å²) in [5, 5.41) is 0.563. The van der Waals surface area contributed by atoms with E-state index in [2.05, 4.69) is 0 Å². The van der Waals surface area contributed by atoms with Gasteiger partial charge in [-0.15, -0.1) is 0 Å². The van der Waals surface area contributed by atoms with Gasteiger partial charge in [-0.1, -0.05) is 12.1 Å². The van der Waals surface area contributed by atoms with Crippen LogP contribution in [0.25, 0.3) is 5.84 Å². The van der Waals surface area contributed by atoms with Gasteiger partial charge in [0.15, 0.2) is 0 Å². The third-order valence-electron chi connectivity index (χ3n) is 2.24. The SMILES string of the molecule is CC(C)(C)OC(=O)N([NH-])Cc1ccc(C(F)(F)F)cc1. The molecule has 0 aliphatic heterocycles. The summed E-state index contributed by atoms with van der Waals surface area (Å²) in [6.45, 7) is 4.84. The fourth-order valence-electron chi connectivity index (χ4n) is 1.36. The van der Waals surface area contributed by atoms with E-state index in [1.807, 2.05) is 0 Å². The van der Waals surface area contributed by atoms with Crippen LogP contribution in [-0.2, 0) is 17.5 Å². The first-order valence-corrected chi connectivity index (χ1v) is 5.87. The highest BCUT2D eigenvalue weighted by Crippen LogP contribution is 2.29. The van der Waals surface area contributed by atoms with Crippen LogP contribution in [0.15, 0.2) is 24.3 Å². The van der Waals surface area contributed by atoms with E-state index in [1.54, 1.807) is 20.8 Å². The molecule has 1 amide bonds. The summed E-state index contributed by atoms with van der Waals surface area (Å²) in [6, 6.07) is 4.29. The van der Waals surface area contributed by atoms with Crippen molar-refractivity contribution in [2.45, 2.75) is 39.1 Å². The summed E-state index contributed by atoms with van der Waals surface area (Å²) in [5.41, 5.74) is -1.08. The molecule has 0 aliphatic rings. The van der Waals surface area contributed by atoms with Gasteiger partial charge in [0, 0.05) is 6.54 Å². The zero-order chi connectivity index (χ0) is 15.6. The standard InChI is InChI=1S/C13H16F3N2O2/c1-12(2,3)20-11(19)18(17)8-9-4-6-10(7-5-9)13(14,15)16/h4-7,17H,8H2,1-3H3/q-1. The molecular weight excluding hydrogens is 273 g/mol. The topological polar surface area (TPSA) is 53.3 Å². The molecule has 7 heteroatoms. The van der Waals surface area contributed by atoms with Crippen LogP contribution < -0.4 is 0 Å². The largest absolute Gasteiger partial charge is 0.578 e. The van der Waals surface area contributed by atoms with Crippen molar-refractivity contribution in [2.24, 2.45) is 0 Å². The monoisotopic (exact) mass is 289 g/mol. The smallest absolute Gasteiger partial charge is 0.416 e. The van der Waals surface area contributed by atoms with E-state index in [4.69, 9.17) is 10.6 Å². The minimum Gasteiger partial charge on any atom is -0.578 e. The third kappa shape index (κ3) is 5.08. The van der Waals surface area contributed by atoms with E-state index in [0.717, 1.165) is 12.1 Å². The lowest BCUT2D eigenvalue weighted by molar-refractivity contribution is -0.137. The number of hydrogen-bond acceptors (Lipinski definition) is 2. The van der Waals surface area contributed by atoms with Gasteiger partial charge in [0.1, 0.15) is 5.60 Å². The van der Waals surface area contributed by atoms with Crippen molar-refractivity contribution in [1.29, 1.82) is 0 Å². The average molecular weight is 289 g/mol. The van der Waals surface area contributed by atoms with Crippen molar-refractivity contribution in [3.05, 3.63) is 41.2 Å². The van der Waals surface area contributed by atoms with E-state index in [-0.39, 0.29) is 6.54 Å². The number of rotatable bonds is 2. The molecule has 0 heterocycles. The molecule has 0 aromatic heterocycles. The number of hydrogen-bond donors (Lipinski definition) is 0. The van der Waals surface area contributed by atoms with Gasteiger partial charge in [-0.2, -0.15) is 13.2 Å². The van der Waals surface area contributed by atoms with E-state index in [9.17, 15) is 18.0 Å². The average Bonchev–Trinajstić information content (AvgIpc) is 2.26. The summed E-state index contributed by atoms with van der Waals surface area (Å²) in [6.07, 6.45) is -5.25. The molecule has 1 N–H and O–H groups in total. The van der Waals surface area contributed by atoms with Gasteiger partial charge in [-0.3, -0.25) is 0 Å². The molecule has 20 heavy (non-hydrogen) atoms. The highest BCUT2D eigenvalue weighted by atomic mass is 19.4. The number of nitrogens with one attached hydrogen (secondary N) is 1. The molecule has 0 fully saturated rings. The van der Waals surface area contributed by atoms with Crippen molar-refractivity contribution in [3.8, 4) is 0 Å². The van der Waals surface area contributed by atoms with Crippen LogP contribution in [0.5, 0.6) is 0 Å². The van der Waals surface area contributed by atoms with Crippen LogP contribution in [-0.4, -0.2) is 16.7 Å². The summed E-state index contributed by atoms with van der Waals surface area (Å²) in [4.78, 5) is 11.5. The molecule has 112 valence electrons. The molecule has 1 rings (SSSR count). The molecule has 0 saturated heterocycles. The van der Waals surface area contributed by atoms with Crippen LogP contribution in [0.4, 0.5) is 18.0 Å². The predicted octanol–water partition coefficient (Wildman–Crippen LogP) is 4.41. The van der Waals surface area contributed by atoms with E-state index in [1.165, 1.54) is 12.1 Å². The van der Waals surface area contributed by atoms with Gasteiger partial charge in [-0.05, 0) is 38.5 Å². The number of ether oxygens (including phenoxy) is 1. The second kappa shape index (κ2) is 5.70. The summed E-state index contributed by atoms with van der Waals surface area (Å²) < 4.78 is 42.1. The third-order valence-corrected chi connectivity index (χ3v) is 2.24.